The molecule has 0 saturated carbocycles. The highest BCUT2D eigenvalue weighted by molar-refractivity contribution is 7.22. The van der Waals surface area contributed by atoms with Gasteiger partial charge in [0.1, 0.15) is 17.4 Å². The van der Waals surface area contributed by atoms with Gasteiger partial charge in [-0.25, -0.2) is 4.98 Å². The standard InChI is InChI=1S/C23H27NO5S/c1-2-18-4-3-5-21-22(18)30-23(24-21)19-6-8-20(9-7-19)29-17-16-28-15-14-27-13-12-26-11-10-25/h2-9,25H,1,10-17H2. The van der Waals surface area contributed by atoms with Crippen molar-refractivity contribution >= 4 is 27.6 Å². The molecule has 1 heterocycles. The van der Waals surface area contributed by atoms with Crippen LogP contribution < -0.4 is 4.74 Å². The lowest BCUT2D eigenvalue weighted by Gasteiger charge is -2.08. The molecule has 0 aliphatic carbocycles. The van der Waals surface area contributed by atoms with Crippen molar-refractivity contribution in [3.63, 3.8) is 0 Å². The number of rotatable bonds is 14. The van der Waals surface area contributed by atoms with E-state index in [2.05, 4.69) is 12.6 Å². The number of fused-ring (bicyclic) bond motifs is 1. The van der Waals surface area contributed by atoms with Gasteiger partial charge in [0.15, 0.2) is 0 Å². The molecule has 2 aromatic carbocycles. The van der Waals surface area contributed by atoms with Crippen LogP contribution in [0, 0.1) is 0 Å². The van der Waals surface area contributed by atoms with Gasteiger partial charge in [-0.2, -0.15) is 0 Å². The molecule has 1 aromatic heterocycles. The molecule has 3 rings (SSSR count). The lowest BCUT2D eigenvalue weighted by Crippen LogP contribution is -2.13. The summed E-state index contributed by atoms with van der Waals surface area (Å²) in [5.41, 5.74) is 3.16. The number of thiazole rings is 1. The highest BCUT2D eigenvalue weighted by Crippen LogP contribution is 2.33. The number of nitrogens with zero attached hydrogens (tertiary/aromatic N) is 1. The number of aliphatic hydroxyl groups excluding tert-OH is 1. The molecule has 0 atom stereocenters. The number of aromatic nitrogens is 1. The molecular formula is C23H27NO5S. The molecule has 0 aliphatic heterocycles. The van der Waals surface area contributed by atoms with Gasteiger partial charge in [0.25, 0.3) is 0 Å². The molecule has 160 valence electrons. The van der Waals surface area contributed by atoms with Gasteiger partial charge in [-0.15, -0.1) is 11.3 Å². The van der Waals surface area contributed by atoms with E-state index >= 15 is 0 Å². The van der Waals surface area contributed by atoms with E-state index in [1.54, 1.807) is 11.3 Å². The molecule has 0 aliphatic rings. The molecule has 0 bridgehead atoms. The van der Waals surface area contributed by atoms with Crippen LogP contribution in [-0.2, 0) is 14.2 Å². The summed E-state index contributed by atoms with van der Waals surface area (Å²) in [4.78, 5) is 4.73. The minimum Gasteiger partial charge on any atom is -0.491 e. The fourth-order valence-corrected chi connectivity index (χ4v) is 3.85. The van der Waals surface area contributed by atoms with Crippen LogP contribution in [0.2, 0.25) is 0 Å². The Kier molecular flexibility index (Phi) is 9.27. The summed E-state index contributed by atoms with van der Waals surface area (Å²) in [5, 5.41) is 9.56. The monoisotopic (exact) mass is 429 g/mol. The Labute approximate surface area is 180 Å². The van der Waals surface area contributed by atoms with E-state index in [4.69, 9.17) is 29.0 Å². The SMILES string of the molecule is C=Cc1cccc2nc(-c3ccc(OCCOCCOCCOCCO)cc3)sc12. The van der Waals surface area contributed by atoms with Gasteiger partial charge >= 0.3 is 0 Å². The average molecular weight is 430 g/mol. The van der Waals surface area contributed by atoms with Crippen molar-refractivity contribution in [2.24, 2.45) is 0 Å². The first-order valence-corrected chi connectivity index (χ1v) is 10.7. The second-order valence-electron chi connectivity index (χ2n) is 6.35. The minimum absolute atomic E-state index is 0.0321. The van der Waals surface area contributed by atoms with Gasteiger partial charge < -0.3 is 24.1 Å². The van der Waals surface area contributed by atoms with Crippen LogP contribution in [0.5, 0.6) is 5.75 Å². The summed E-state index contributed by atoms with van der Waals surface area (Å²) in [7, 11) is 0. The third kappa shape index (κ3) is 6.62. The van der Waals surface area contributed by atoms with Crippen LogP contribution in [0.1, 0.15) is 5.56 Å². The summed E-state index contributed by atoms with van der Waals surface area (Å²) in [6, 6.07) is 14.0. The van der Waals surface area contributed by atoms with Crippen molar-refractivity contribution in [3.8, 4) is 16.3 Å². The van der Waals surface area contributed by atoms with E-state index in [9.17, 15) is 0 Å². The predicted molar refractivity (Wildman–Crippen MR) is 120 cm³/mol. The molecule has 6 nitrogen and oxygen atoms in total. The first-order chi connectivity index (χ1) is 14.8. The van der Waals surface area contributed by atoms with E-state index in [-0.39, 0.29) is 6.61 Å². The summed E-state index contributed by atoms with van der Waals surface area (Å²) in [6.07, 6.45) is 1.86. The zero-order valence-corrected chi connectivity index (χ0v) is 17.7. The van der Waals surface area contributed by atoms with Crippen molar-refractivity contribution in [2.75, 3.05) is 52.9 Å². The molecule has 0 fully saturated rings. The van der Waals surface area contributed by atoms with Crippen molar-refractivity contribution in [1.29, 1.82) is 0 Å². The van der Waals surface area contributed by atoms with Gasteiger partial charge in [-0.05, 0) is 35.9 Å². The number of benzene rings is 2. The molecule has 0 spiro atoms. The minimum atomic E-state index is 0.0321. The van der Waals surface area contributed by atoms with Crippen LogP contribution in [0.3, 0.4) is 0 Å². The molecule has 0 saturated heterocycles. The highest BCUT2D eigenvalue weighted by Gasteiger charge is 2.08. The van der Waals surface area contributed by atoms with E-state index in [1.807, 2.05) is 42.5 Å². The van der Waals surface area contributed by atoms with Crippen LogP contribution in [0.4, 0.5) is 0 Å². The summed E-state index contributed by atoms with van der Waals surface area (Å²) in [5.74, 6) is 0.799. The lowest BCUT2D eigenvalue weighted by molar-refractivity contribution is 0.00361. The van der Waals surface area contributed by atoms with E-state index in [0.717, 1.165) is 32.1 Å². The maximum absolute atomic E-state index is 8.58. The zero-order valence-electron chi connectivity index (χ0n) is 16.9. The maximum atomic E-state index is 8.58. The number of aliphatic hydroxyl groups is 1. The smallest absolute Gasteiger partial charge is 0.124 e. The quantitative estimate of drug-likeness (QED) is 0.390. The van der Waals surface area contributed by atoms with Crippen LogP contribution in [-0.4, -0.2) is 62.9 Å². The molecular weight excluding hydrogens is 402 g/mol. The van der Waals surface area contributed by atoms with Crippen molar-refractivity contribution in [2.45, 2.75) is 0 Å². The summed E-state index contributed by atoms with van der Waals surface area (Å²) in [6.45, 7) is 7.21. The van der Waals surface area contributed by atoms with Crippen LogP contribution in [0.25, 0.3) is 26.9 Å². The second-order valence-corrected chi connectivity index (χ2v) is 7.35. The Hall–Kier alpha value is -2.29. The third-order valence-electron chi connectivity index (χ3n) is 4.24. The normalized spacial score (nSPS) is 11.1. The zero-order chi connectivity index (χ0) is 21.0. The second kappa shape index (κ2) is 12.4. The van der Waals surface area contributed by atoms with E-state index < -0.39 is 0 Å². The average Bonchev–Trinajstić information content (AvgIpc) is 3.22. The first kappa shape index (κ1) is 22.4. The lowest BCUT2D eigenvalue weighted by atomic mass is 10.2. The number of ether oxygens (including phenoxy) is 4. The molecule has 7 heteroatoms. The van der Waals surface area contributed by atoms with Gasteiger partial charge in [0, 0.05) is 5.56 Å². The summed E-state index contributed by atoms with van der Waals surface area (Å²) >= 11 is 1.67. The molecule has 1 N–H and O–H groups in total. The third-order valence-corrected chi connectivity index (χ3v) is 5.41. The van der Waals surface area contributed by atoms with Gasteiger partial charge in [-0.3, -0.25) is 0 Å². The summed E-state index contributed by atoms with van der Waals surface area (Å²) < 4.78 is 22.8. The maximum Gasteiger partial charge on any atom is 0.124 e. The Bertz CT molecular complexity index is 910. The van der Waals surface area contributed by atoms with E-state index in [1.165, 1.54) is 0 Å². The predicted octanol–water partition coefficient (Wildman–Crippen LogP) is 4.03. The van der Waals surface area contributed by atoms with E-state index in [0.29, 0.717) is 46.2 Å². The van der Waals surface area contributed by atoms with Crippen molar-refractivity contribution in [3.05, 3.63) is 54.6 Å². The fourth-order valence-electron chi connectivity index (χ4n) is 2.77. The molecule has 0 unspecified atom stereocenters. The van der Waals surface area contributed by atoms with Crippen molar-refractivity contribution < 1.29 is 24.1 Å². The largest absolute Gasteiger partial charge is 0.491 e. The molecule has 30 heavy (non-hydrogen) atoms. The van der Waals surface area contributed by atoms with Crippen molar-refractivity contribution in [1.82, 2.24) is 4.98 Å². The first-order valence-electron chi connectivity index (χ1n) is 9.91. The van der Waals surface area contributed by atoms with Gasteiger partial charge in [0.2, 0.25) is 0 Å². The number of hydrogen-bond donors (Lipinski definition) is 1. The molecule has 0 amide bonds. The van der Waals surface area contributed by atoms with Crippen LogP contribution >= 0.6 is 11.3 Å². The van der Waals surface area contributed by atoms with Crippen LogP contribution in [0.15, 0.2) is 49.0 Å². The number of hydrogen-bond acceptors (Lipinski definition) is 7. The Balaban J connectivity index is 1.37. The Morgan fingerprint density at radius 3 is 2.20 bits per heavy atom. The molecule has 3 aromatic rings. The van der Waals surface area contributed by atoms with Gasteiger partial charge in [-0.1, -0.05) is 24.8 Å². The topological polar surface area (TPSA) is 70.0 Å². The highest BCUT2D eigenvalue weighted by atomic mass is 32.1. The Morgan fingerprint density at radius 2 is 1.53 bits per heavy atom. The Morgan fingerprint density at radius 1 is 0.867 bits per heavy atom. The fraction of sp³-hybridized carbons (Fsp3) is 0.348. The van der Waals surface area contributed by atoms with Gasteiger partial charge in [0.05, 0.1) is 56.5 Å². The molecule has 0 radical (unpaired) electrons.